The molecule has 7 heteroatoms. The number of hydrogen-bond donors (Lipinski definition) is 0. The number of methoxy groups -OCH3 is 2. The zero-order valence-electron chi connectivity index (χ0n) is 18.0. The Bertz CT molecular complexity index is 1000. The average Bonchev–Trinajstić information content (AvgIpc) is 3.20. The third-order valence-corrected chi connectivity index (χ3v) is 6.26. The van der Waals surface area contributed by atoms with Gasteiger partial charge in [0.1, 0.15) is 6.04 Å². The van der Waals surface area contributed by atoms with Crippen LogP contribution in [0.5, 0.6) is 0 Å². The summed E-state index contributed by atoms with van der Waals surface area (Å²) in [5.41, 5.74) is -0.0220. The minimum atomic E-state index is -1.68. The summed E-state index contributed by atoms with van der Waals surface area (Å²) in [6.45, 7) is 0. The number of nitrogens with zero attached hydrogens (tertiary/aromatic N) is 1. The van der Waals surface area contributed by atoms with Crippen LogP contribution in [0.25, 0.3) is 0 Å². The number of carbonyl (C=O) groups excluding carboxylic acids is 3. The molecule has 0 unspecified atom stereocenters. The molecule has 2 aromatic rings. The average molecular weight is 435 g/mol. The van der Waals surface area contributed by atoms with E-state index in [9.17, 15) is 14.4 Å². The molecule has 32 heavy (non-hydrogen) atoms. The maximum atomic E-state index is 13.3. The summed E-state index contributed by atoms with van der Waals surface area (Å²) in [7, 11) is 2.46. The van der Waals surface area contributed by atoms with Crippen LogP contribution in [0, 0.1) is 5.41 Å². The molecule has 0 saturated carbocycles. The number of hydrogen-bond acceptors (Lipinski definition) is 6. The van der Waals surface area contributed by atoms with Crippen molar-refractivity contribution in [2.24, 2.45) is 5.41 Å². The standard InChI is InChI=1S/C25H25NO6/c1-30-22(27)25(23(28)31-2)16-10-9-15-19(25)26-20(17-11-5-3-6-12-17)21(32-24(26)29)18-13-7-4-8-14-18/h3-14,19-21H,15-16H2,1-2H3/t19-,20+,21-/m0/s1. The number of rotatable bonds is 5. The second kappa shape index (κ2) is 8.86. The van der Waals surface area contributed by atoms with Gasteiger partial charge in [0.2, 0.25) is 0 Å². The number of allylic oxidation sites excluding steroid dienone is 1. The molecule has 166 valence electrons. The van der Waals surface area contributed by atoms with Crippen molar-refractivity contribution in [2.75, 3.05) is 14.2 Å². The molecule has 7 nitrogen and oxygen atoms in total. The van der Waals surface area contributed by atoms with Gasteiger partial charge < -0.3 is 14.2 Å². The summed E-state index contributed by atoms with van der Waals surface area (Å²) in [5.74, 6) is -1.47. The molecule has 1 amide bonds. The van der Waals surface area contributed by atoms with E-state index in [0.29, 0.717) is 0 Å². The monoisotopic (exact) mass is 435 g/mol. The predicted octanol–water partition coefficient (Wildman–Crippen LogP) is 3.97. The van der Waals surface area contributed by atoms with Gasteiger partial charge >= 0.3 is 18.0 Å². The lowest BCUT2D eigenvalue weighted by molar-refractivity contribution is -0.174. The molecule has 0 spiro atoms. The molecule has 2 aliphatic rings. The number of carbonyl (C=O) groups is 3. The van der Waals surface area contributed by atoms with E-state index in [1.807, 2.05) is 66.7 Å². The summed E-state index contributed by atoms with van der Waals surface area (Å²) < 4.78 is 15.9. The van der Waals surface area contributed by atoms with E-state index < -0.39 is 41.6 Å². The molecule has 0 N–H and O–H groups in total. The van der Waals surface area contributed by atoms with E-state index in [1.54, 1.807) is 6.08 Å². The molecule has 1 fully saturated rings. The van der Waals surface area contributed by atoms with Gasteiger partial charge in [-0.15, -0.1) is 0 Å². The van der Waals surface area contributed by atoms with Crippen LogP contribution >= 0.6 is 0 Å². The number of ether oxygens (including phenoxy) is 3. The first-order chi connectivity index (χ1) is 15.5. The molecule has 3 atom stereocenters. The second-order valence-corrected chi connectivity index (χ2v) is 7.86. The van der Waals surface area contributed by atoms with Crippen molar-refractivity contribution in [3.63, 3.8) is 0 Å². The molecule has 1 aliphatic heterocycles. The minimum Gasteiger partial charge on any atom is -0.468 e. The molecule has 1 saturated heterocycles. The third kappa shape index (κ3) is 3.43. The summed E-state index contributed by atoms with van der Waals surface area (Å²) >= 11 is 0. The molecule has 2 aromatic carbocycles. The Morgan fingerprint density at radius 2 is 1.47 bits per heavy atom. The van der Waals surface area contributed by atoms with Crippen LogP contribution in [0.1, 0.15) is 36.1 Å². The van der Waals surface area contributed by atoms with E-state index in [0.717, 1.165) is 11.1 Å². The molecule has 1 heterocycles. The predicted molar refractivity (Wildman–Crippen MR) is 115 cm³/mol. The molecule has 0 bridgehead atoms. The number of cyclic esters (lactones) is 1. The molecule has 1 aliphatic carbocycles. The van der Waals surface area contributed by atoms with E-state index in [4.69, 9.17) is 14.2 Å². The maximum Gasteiger partial charge on any atom is 0.411 e. The van der Waals surface area contributed by atoms with Gasteiger partial charge in [-0.05, 0) is 24.0 Å². The lowest BCUT2D eigenvalue weighted by Crippen LogP contribution is -2.58. The van der Waals surface area contributed by atoms with Gasteiger partial charge in [-0.3, -0.25) is 14.5 Å². The van der Waals surface area contributed by atoms with E-state index in [-0.39, 0.29) is 12.8 Å². The van der Waals surface area contributed by atoms with Gasteiger partial charge in [0, 0.05) is 0 Å². The molecular weight excluding hydrogens is 410 g/mol. The Kier molecular flexibility index (Phi) is 5.99. The Hall–Kier alpha value is -3.61. The molecule has 0 radical (unpaired) electrons. The van der Waals surface area contributed by atoms with Crippen molar-refractivity contribution >= 4 is 18.0 Å². The molecule has 0 aromatic heterocycles. The van der Waals surface area contributed by atoms with Crippen molar-refractivity contribution in [3.8, 4) is 0 Å². The fraction of sp³-hybridized carbons (Fsp3) is 0.320. The zero-order valence-corrected chi connectivity index (χ0v) is 18.0. The van der Waals surface area contributed by atoms with Crippen molar-refractivity contribution in [1.82, 2.24) is 4.90 Å². The number of amides is 1. The van der Waals surface area contributed by atoms with Gasteiger partial charge in [0.05, 0.1) is 20.3 Å². The number of esters is 2. The normalized spacial score (nSPS) is 24.0. The summed E-state index contributed by atoms with van der Waals surface area (Å²) in [5, 5.41) is 0. The minimum absolute atomic E-state index is 0.0678. The van der Waals surface area contributed by atoms with Crippen LogP contribution in [0.15, 0.2) is 72.8 Å². The highest BCUT2D eigenvalue weighted by atomic mass is 16.6. The topological polar surface area (TPSA) is 82.1 Å². The summed E-state index contributed by atoms with van der Waals surface area (Å²) in [6.07, 6.45) is 2.76. The largest absolute Gasteiger partial charge is 0.468 e. The fourth-order valence-electron chi connectivity index (χ4n) is 4.76. The van der Waals surface area contributed by atoms with Crippen LogP contribution < -0.4 is 0 Å². The quantitative estimate of drug-likeness (QED) is 0.306. The van der Waals surface area contributed by atoms with Crippen LogP contribution in [-0.4, -0.2) is 43.2 Å². The highest BCUT2D eigenvalue weighted by Gasteiger charge is 2.61. The van der Waals surface area contributed by atoms with E-state index >= 15 is 0 Å². The lowest BCUT2D eigenvalue weighted by atomic mass is 9.71. The van der Waals surface area contributed by atoms with Gasteiger partial charge in [0.15, 0.2) is 11.5 Å². The van der Waals surface area contributed by atoms with Gasteiger partial charge in [-0.1, -0.05) is 72.8 Å². The first kappa shape index (κ1) is 21.6. The first-order valence-corrected chi connectivity index (χ1v) is 10.4. The van der Waals surface area contributed by atoms with Crippen molar-refractivity contribution in [1.29, 1.82) is 0 Å². The Labute approximate surface area is 186 Å². The second-order valence-electron chi connectivity index (χ2n) is 7.86. The van der Waals surface area contributed by atoms with E-state index in [1.165, 1.54) is 19.1 Å². The summed E-state index contributed by atoms with van der Waals surface area (Å²) in [4.78, 5) is 40.9. The highest BCUT2D eigenvalue weighted by molar-refractivity contribution is 6.02. The van der Waals surface area contributed by atoms with Gasteiger partial charge in [-0.25, -0.2) is 4.79 Å². The van der Waals surface area contributed by atoms with Crippen molar-refractivity contribution in [2.45, 2.75) is 31.0 Å². The van der Waals surface area contributed by atoms with Gasteiger partial charge in [0.25, 0.3) is 0 Å². The number of benzene rings is 2. The van der Waals surface area contributed by atoms with Crippen molar-refractivity contribution in [3.05, 3.63) is 83.9 Å². The van der Waals surface area contributed by atoms with Crippen LogP contribution in [0.3, 0.4) is 0 Å². The smallest absolute Gasteiger partial charge is 0.411 e. The Morgan fingerprint density at radius 3 is 2.03 bits per heavy atom. The van der Waals surface area contributed by atoms with Crippen LogP contribution in [-0.2, 0) is 23.8 Å². The van der Waals surface area contributed by atoms with Crippen molar-refractivity contribution < 1.29 is 28.6 Å². The lowest BCUT2D eigenvalue weighted by Gasteiger charge is -2.43. The SMILES string of the molecule is COC(=O)C1(C(=O)OC)CC=CC[C@@H]1N1C(=O)O[C@@H](c2ccccc2)[C@H]1c1ccccc1. The van der Waals surface area contributed by atoms with E-state index in [2.05, 4.69) is 0 Å². The van der Waals surface area contributed by atoms with Gasteiger partial charge in [-0.2, -0.15) is 0 Å². The summed E-state index contributed by atoms with van der Waals surface area (Å²) in [6, 6.07) is 17.5. The fourth-order valence-corrected chi connectivity index (χ4v) is 4.76. The highest BCUT2D eigenvalue weighted by Crippen LogP contribution is 2.50. The Balaban J connectivity index is 1.87. The zero-order chi connectivity index (χ0) is 22.7. The first-order valence-electron chi connectivity index (χ1n) is 10.4. The molecular formula is C25H25NO6. The maximum absolute atomic E-state index is 13.3. The van der Waals surface area contributed by atoms with Crippen LogP contribution in [0.4, 0.5) is 4.79 Å². The van der Waals surface area contributed by atoms with Crippen LogP contribution in [0.2, 0.25) is 0 Å². The Morgan fingerprint density at radius 1 is 0.906 bits per heavy atom. The molecule has 4 rings (SSSR count). The third-order valence-electron chi connectivity index (χ3n) is 6.26.